The molecule has 0 unspecified atom stereocenters. The molecular formula is C13H13Cl. The highest BCUT2D eigenvalue weighted by atomic mass is 35.5. The minimum Gasteiger partial charge on any atom is -0.0840 e. The van der Waals surface area contributed by atoms with E-state index in [2.05, 4.69) is 37.3 Å². The van der Waals surface area contributed by atoms with Gasteiger partial charge in [0.1, 0.15) is 0 Å². The van der Waals surface area contributed by atoms with Crippen LogP contribution in [-0.4, -0.2) is 0 Å². The third-order valence-electron chi connectivity index (χ3n) is 2.58. The quantitative estimate of drug-likeness (QED) is 0.637. The Hall–Kier alpha value is -1.01. The molecule has 0 atom stereocenters. The molecule has 0 saturated carbocycles. The van der Waals surface area contributed by atoms with Crippen LogP contribution in [0.4, 0.5) is 0 Å². The zero-order valence-electron chi connectivity index (χ0n) is 8.47. The van der Waals surface area contributed by atoms with Crippen LogP contribution >= 0.6 is 11.6 Å². The highest BCUT2D eigenvalue weighted by molar-refractivity contribution is 6.31. The number of rotatable bonds is 1. The molecule has 0 radical (unpaired) electrons. The molecule has 1 aromatic carbocycles. The monoisotopic (exact) mass is 204 g/mol. The average molecular weight is 205 g/mol. The average Bonchev–Trinajstić information content (AvgIpc) is 2.57. The predicted octanol–water partition coefficient (Wildman–Crippen LogP) is 4.38. The van der Waals surface area contributed by atoms with Crippen LogP contribution in [0.3, 0.4) is 0 Å². The molecule has 0 aromatic heterocycles. The van der Waals surface area contributed by atoms with E-state index in [1.165, 1.54) is 16.7 Å². The van der Waals surface area contributed by atoms with Crippen LogP contribution in [0, 0.1) is 6.92 Å². The summed E-state index contributed by atoms with van der Waals surface area (Å²) in [4.78, 5) is 0. The van der Waals surface area contributed by atoms with Crippen molar-refractivity contribution in [3.63, 3.8) is 0 Å². The van der Waals surface area contributed by atoms with Crippen LogP contribution in [0.25, 0.3) is 5.57 Å². The van der Waals surface area contributed by atoms with Crippen LogP contribution in [0.1, 0.15) is 24.5 Å². The maximum atomic E-state index is 6.08. The van der Waals surface area contributed by atoms with Gasteiger partial charge in [-0.1, -0.05) is 41.5 Å². The molecular weight excluding hydrogens is 192 g/mol. The Balaban J connectivity index is 2.31. The van der Waals surface area contributed by atoms with Crippen molar-refractivity contribution in [3.8, 4) is 0 Å². The molecule has 0 amide bonds. The van der Waals surface area contributed by atoms with Crippen LogP contribution in [0.2, 0.25) is 5.02 Å². The van der Waals surface area contributed by atoms with Gasteiger partial charge >= 0.3 is 0 Å². The third-order valence-corrected chi connectivity index (χ3v) is 2.99. The Bertz CT molecular complexity index is 425. The van der Waals surface area contributed by atoms with E-state index in [4.69, 9.17) is 11.6 Å². The van der Waals surface area contributed by atoms with Gasteiger partial charge < -0.3 is 0 Å². The van der Waals surface area contributed by atoms with Crippen molar-refractivity contribution in [1.29, 1.82) is 0 Å². The number of hydrogen-bond acceptors (Lipinski definition) is 0. The SMILES string of the molecule is CC1=CC=C(c2ccc(C)c(Cl)c2)C1. The molecule has 0 aliphatic heterocycles. The van der Waals surface area contributed by atoms with E-state index in [0.717, 1.165) is 17.0 Å². The molecule has 2 rings (SSSR count). The second-order valence-electron chi connectivity index (χ2n) is 3.85. The van der Waals surface area contributed by atoms with Gasteiger partial charge in [-0.05, 0) is 43.0 Å². The molecule has 0 bridgehead atoms. The molecule has 0 spiro atoms. The number of benzene rings is 1. The van der Waals surface area contributed by atoms with Crippen molar-refractivity contribution >= 4 is 17.2 Å². The van der Waals surface area contributed by atoms with Gasteiger partial charge in [0.25, 0.3) is 0 Å². The molecule has 0 N–H and O–H groups in total. The Labute approximate surface area is 89.9 Å². The lowest BCUT2D eigenvalue weighted by Crippen LogP contribution is -1.84. The second-order valence-corrected chi connectivity index (χ2v) is 4.25. The maximum absolute atomic E-state index is 6.08. The van der Waals surface area contributed by atoms with E-state index in [-0.39, 0.29) is 0 Å². The summed E-state index contributed by atoms with van der Waals surface area (Å²) in [6.07, 6.45) is 5.40. The van der Waals surface area contributed by atoms with Gasteiger partial charge in [-0.3, -0.25) is 0 Å². The standard InChI is InChI=1S/C13H13Cl/c1-9-3-5-11(7-9)12-6-4-10(2)13(14)8-12/h3-6,8H,7H2,1-2H3. The first-order valence-corrected chi connectivity index (χ1v) is 5.17. The Morgan fingerprint density at radius 2 is 1.93 bits per heavy atom. The fourth-order valence-corrected chi connectivity index (χ4v) is 1.83. The minimum absolute atomic E-state index is 0.855. The van der Waals surface area contributed by atoms with Crippen LogP contribution in [-0.2, 0) is 0 Å². The lowest BCUT2D eigenvalue weighted by Gasteiger charge is -2.05. The van der Waals surface area contributed by atoms with Gasteiger partial charge in [0.15, 0.2) is 0 Å². The van der Waals surface area contributed by atoms with Crippen LogP contribution in [0.15, 0.2) is 35.9 Å². The molecule has 0 heterocycles. The van der Waals surface area contributed by atoms with Crippen molar-refractivity contribution < 1.29 is 0 Å². The van der Waals surface area contributed by atoms with Crippen molar-refractivity contribution in [2.75, 3.05) is 0 Å². The van der Waals surface area contributed by atoms with Gasteiger partial charge in [-0.15, -0.1) is 0 Å². The van der Waals surface area contributed by atoms with Crippen molar-refractivity contribution in [2.45, 2.75) is 20.3 Å². The molecule has 1 aliphatic carbocycles. The van der Waals surface area contributed by atoms with Crippen LogP contribution < -0.4 is 0 Å². The van der Waals surface area contributed by atoms with Gasteiger partial charge in [0, 0.05) is 5.02 Å². The zero-order valence-corrected chi connectivity index (χ0v) is 9.23. The second kappa shape index (κ2) is 3.62. The van der Waals surface area contributed by atoms with Gasteiger partial charge in [-0.25, -0.2) is 0 Å². The van der Waals surface area contributed by atoms with E-state index in [9.17, 15) is 0 Å². The van der Waals surface area contributed by atoms with Crippen molar-refractivity contribution in [1.82, 2.24) is 0 Å². The number of allylic oxidation sites excluding steroid dienone is 4. The molecule has 1 heteroatoms. The summed E-state index contributed by atoms with van der Waals surface area (Å²) in [5.41, 5.74) is 5.16. The van der Waals surface area contributed by atoms with E-state index in [0.29, 0.717) is 0 Å². The minimum atomic E-state index is 0.855. The topological polar surface area (TPSA) is 0 Å². The van der Waals surface area contributed by atoms with E-state index >= 15 is 0 Å². The fraction of sp³-hybridized carbons (Fsp3) is 0.231. The van der Waals surface area contributed by atoms with Crippen LogP contribution in [0.5, 0.6) is 0 Å². The summed E-state index contributed by atoms with van der Waals surface area (Å²) in [6, 6.07) is 6.26. The molecule has 72 valence electrons. The number of hydrogen-bond donors (Lipinski definition) is 0. The fourth-order valence-electron chi connectivity index (χ4n) is 1.65. The summed E-state index contributed by atoms with van der Waals surface area (Å²) in [5, 5.41) is 0.855. The van der Waals surface area contributed by atoms with Gasteiger partial charge in [-0.2, -0.15) is 0 Å². The lowest BCUT2D eigenvalue weighted by molar-refractivity contribution is 1.26. The van der Waals surface area contributed by atoms with Gasteiger partial charge in [0.2, 0.25) is 0 Å². The summed E-state index contributed by atoms with van der Waals surface area (Å²) < 4.78 is 0. The third kappa shape index (κ3) is 1.76. The van der Waals surface area contributed by atoms with Crippen molar-refractivity contribution in [3.05, 3.63) is 52.1 Å². The summed E-state index contributed by atoms with van der Waals surface area (Å²) in [5.74, 6) is 0. The van der Waals surface area contributed by atoms with E-state index < -0.39 is 0 Å². The Morgan fingerprint density at radius 3 is 2.50 bits per heavy atom. The molecule has 1 aliphatic rings. The Kier molecular flexibility index (Phi) is 2.47. The summed E-state index contributed by atoms with van der Waals surface area (Å²) in [7, 11) is 0. The summed E-state index contributed by atoms with van der Waals surface area (Å²) in [6.45, 7) is 4.18. The number of halogens is 1. The number of aryl methyl sites for hydroxylation is 1. The Morgan fingerprint density at radius 1 is 1.14 bits per heavy atom. The zero-order chi connectivity index (χ0) is 10.1. The largest absolute Gasteiger partial charge is 0.0840 e. The molecule has 1 aromatic rings. The first-order valence-electron chi connectivity index (χ1n) is 4.79. The van der Waals surface area contributed by atoms with E-state index in [1.54, 1.807) is 0 Å². The van der Waals surface area contributed by atoms with Crippen molar-refractivity contribution in [2.24, 2.45) is 0 Å². The van der Waals surface area contributed by atoms with E-state index in [1.807, 2.05) is 6.92 Å². The molecule has 0 nitrogen and oxygen atoms in total. The molecule has 0 saturated heterocycles. The first-order chi connectivity index (χ1) is 6.66. The smallest absolute Gasteiger partial charge is 0.0441 e. The highest BCUT2D eigenvalue weighted by Crippen LogP contribution is 2.29. The van der Waals surface area contributed by atoms with Gasteiger partial charge in [0.05, 0.1) is 0 Å². The molecule has 14 heavy (non-hydrogen) atoms. The maximum Gasteiger partial charge on any atom is 0.0441 e. The lowest BCUT2D eigenvalue weighted by atomic mass is 10.0. The highest BCUT2D eigenvalue weighted by Gasteiger charge is 2.07. The molecule has 0 fully saturated rings. The predicted molar refractivity (Wildman–Crippen MR) is 62.5 cm³/mol. The normalized spacial score (nSPS) is 15.4. The first kappa shape index (κ1) is 9.54. The summed E-state index contributed by atoms with van der Waals surface area (Å²) >= 11 is 6.08.